The van der Waals surface area contributed by atoms with Crippen LogP contribution in [0.25, 0.3) is 11.4 Å². The Balaban J connectivity index is 2.34. The molecule has 94 valence electrons. The quantitative estimate of drug-likeness (QED) is 0.827. The zero-order chi connectivity index (χ0) is 13.2. The topological polar surface area (TPSA) is 47.9 Å². The standard InChI is InChI=1S/C11H8F3N3O/c1-18-10-4-9(16-6-17-10)8-3-2-7(5-15-8)11(12,13)14/h2-6H,1H3. The fourth-order valence-electron chi connectivity index (χ4n) is 1.30. The summed E-state index contributed by atoms with van der Waals surface area (Å²) in [6.07, 6.45) is -2.37. The maximum absolute atomic E-state index is 12.4. The molecule has 0 aliphatic carbocycles. The lowest BCUT2D eigenvalue weighted by molar-refractivity contribution is -0.137. The van der Waals surface area contributed by atoms with Crippen LogP contribution in [0.1, 0.15) is 5.56 Å². The number of ether oxygens (including phenoxy) is 1. The van der Waals surface area contributed by atoms with Gasteiger partial charge < -0.3 is 4.74 Å². The normalized spacial score (nSPS) is 11.3. The number of methoxy groups -OCH3 is 1. The highest BCUT2D eigenvalue weighted by atomic mass is 19.4. The van der Waals surface area contributed by atoms with Crippen molar-refractivity contribution in [3.05, 3.63) is 36.3 Å². The maximum atomic E-state index is 12.4. The molecule has 18 heavy (non-hydrogen) atoms. The van der Waals surface area contributed by atoms with Crippen molar-refractivity contribution in [2.45, 2.75) is 6.18 Å². The Kier molecular flexibility index (Phi) is 3.14. The van der Waals surface area contributed by atoms with Gasteiger partial charge in [-0.25, -0.2) is 9.97 Å². The highest BCUT2D eigenvalue weighted by Gasteiger charge is 2.30. The Morgan fingerprint density at radius 2 is 1.83 bits per heavy atom. The van der Waals surface area contributed by atoms with Gasteiger partial charge >= 0.3 is 6.18 Å². The van der Waals surface area contributed by atoms with Gasteiger partial charge in [0.2, 0.25) is 5.88 Å². The van der Waals surface area contributed by atoms with Gasteiger partial charge in [0, 0.05) is 12.3 Å². The van der Waals surface area contributed by atoms with Crippen LogP contribution < -0.4 is 4.74 Å². The van der Waals surface area contributed by atoms with E-state index in [0.717, 1.165) is 12.3 Å². The first-order valence-electron chi connectivity index (χ1n) is 4.90. The van der Waals surface area contributed by atoms with E-state index < -0.39 is 11.7 Å². The van der Waals surface area contributed by atoms with Gasteiger partial charge in [-0.1, -0.05) is 0 Å². The summed E-state index contributed by atoms with van der Waals surface area (Å²) in [5.41, 5.74) is -0.0773. The van der Waals surface area contributed by atoms with Crippen LogP contribution in [0.3, 0.4) is 0 Å². The van der Waals surface area contributed by atoms with Crippen molar-refractivity contribution in [2.24, 2.45) is 0 Å². The van der Waals surface area contributed by atoms with Crippen molar-refractivity contribution >= 4 is 0 Å². The molecule has 0 amide bonds. The van der Waals surface area contributed by atoms with E-state index in [-0.39, 0.29) is 0 Å². The van der Waals surface area contributed by atoms with Gasteiger partial charge in [0.05, 0.1) is 24.1 Å². The smallest absolute Gasteiger partial charge is 0.417 e. The number of nitrogens with zero attached hydrogens (tertiary/aromatic N) is 3. The van der Waals surface area contributed by atoms with Crippen molar-refractivity contribution in [3.63, 3.8) is 0 Å². The minimum atomic E-state index is -4.39. The Hall–Kier alpha value is -2.18. The molecule has 0 N–H and O–H groups in total. The summed E-state index contributed by atoms with van der Waals surface area (Å²) in [6, 6.07) is 3.71. The Morgan fingerprint density at radius 3 is 2.39 bits per heavy atom. The summed E-state index contributed by atoms with van der Waals surface area (Å²) in [4.78, 5) is 11.4. The second-order valence-electron chi connectivity index (χ2n) is 3.38. The lowest BCUT2D eigenvalue weighted by atomic mass is 10.2. The highest BCUT2D eigenvalue weighted by Crippen LogP contribution is 2.29. The Labute approximate surface area is 100 Å². The summed E-state index contributed by atoms with van der Waals surface area (Å²) in [7, 11) is 1.44. The molecule has 0 radical (unpaired) electrons. The Morgan fingerprint density at radius 1 is 1.06 bits per heavy atom. The monoisotopic (exact) mass is 255 g/mol. The number of hydrogen-bond acceptors (Lipinski definition) is 4. The number of halogens is 3. The molecule has 0 fully saturated rings. The number of pyridine rings is 1. The summed E-state index contributed by atoms with van der Waals surface area (Å²) >= 11 is 0. The van der Waals surface area contributed by atoms with E-state index in [1.807, 2.05) is 0 Å². The first-order chi connectivity index (χ1) is 8.50. The minimum absolute atomic E-state index is 0.321. The molecular weight excluding hydrogens is 247 g/mol. The summed E-state index contributed by atoms with van der Waals surface area (Å²) in [5, 5.41) is 0. The molecule has 2 rings (SSSR count). The molecule has 0 atom stereocenters. The van der Waals surface area contributed by atoms with Gasteiger partial charge in [0.1, 0.15) is 6.33 Å². The van der Waals surface area contributed by atoms with E-state index >= 15 is 0 Å². The van der Waals surface area contributed by atoms with Crippen LogP contribution in [0.5, 0.6) is 5.88 Å². The predicted molar refractivity (Wildman–Crippen MR) is 56.8 cm³/mol. The second-order valence-corrected chi connectivity index (χ2v) is 3.38. The van der Waals surface area contributed by atoms with Crippen molar-refractivity contribution in [3.8, 4) is 17.3 Å². The molecule has 0 unspecified atom stereocenters. The largest absolute Gasteiger partial charge is 0.481 e. The van der Waals surface area contributed by atoms with Gasteiger partial charge in [0.15, 0.2) is 0 Å². The molecule has 2 aromatic heterocycles. The second kappa shape index (κ2) is 4.59. The first-order valence-corrected chi connectivity index (χ1v) is 4.90. The van der Waals surface area contributed by atoms with Crippen LogP contribution in [-0.4, -0.2) is 22.1 Å². The third-order valence-electron chi connectivity index (χ3n) is 2.20. The predicted octanol–water partition coefficient (Wildman–Crippen LogP) is 2.57. The minimum Gasteiger partial charge on any atom is -0.481 e. The van der Waals surface area contributed by atoms with Crippen molar-refractivity contribution in [1.82, 2.24) is 15.0 Å². The van der Waals surface area contributed by atoms with E-state index in [4.69, 9.17) is 4.74 Å². The van der Waals surface area contributed by atoms with E-state index in [1.54, 1.807) is 0 Å². The molecule has 0 aliphatic rings. The summed E-state index contributed by atoms with van der Waals surface area (Å²) in [6.45, 7) is 0. The molecule has 0 aliphatic heterocycles. The molecule has 7 heteroatoms. The third kappa shape index (κ3) is 2.55. The van der Waals surface area contributed by atoms with E-state index in [9.17, 15) is 13.2 Å². The van der Waals surface area contributed by atoms with Crippen molar-refractivity contribution in [2.75, 3.05) is 7.11 Å². The zero-order valence-electron chi connectivity index (χ0n) is 9.27. The van der Waals surface area contributed by atoms with E-state index in [2.05, 4.69) is 15.0 Å². The molecule has 2 heterocycles. The highest BCUT2D eigenvalue weighted by molar-refractivity contribution is 5.54. The van der Waals surface area contributed by atoms with Crippen LogP contribution >= 0.6 is 0 Å². The van der Waals surface area contributed by atoms with Crippen LogP contribution in [-0.2, 0) is 6.18 Å². The lowest BCUT2D eigenvalue weighted by Crippen LogP contribution is -2.05. The third-order valence-corrected chi connectivity index (χ3v) is 2.20. The zero-order valence-corrected chi connectivity index (χ0v) is 9.27. The fraction of sp³-hybridized carbons (Fsp3) is 0.182. The molecule has 2 aromatic rings. The molecule has 4 nitrogen and oxygen atoms in total. The molecule has 0 spiro atoms. The van der Waals surface area contributed by atoms with E-state index in [1.165, 1.54) is 25.6 Å². The van der Waals surface area contributed by atoms with Gasteiger partial charge in [-0.15, -0.1) is 0 Å². The number of alkyl halides is 3. The van der Waals surface area contributed by atoms with Crippen LogP contribution in [0.4, 0.5) is 13.2 Å². The van der Waals surface area contributed by atoms with Crippen LogP contribution in [0.2, 0.25) is 0 Å². The fourth-order valence-corrected chi connectivity index (χ4v) is 1.30. The number of rotatable bonds is 2. The number of hydrogen-bond donors (Lipinski definition) is 0. The average molecular weight is 255 g/mol. The van der Waals surface area contributed by atoms with Crippen LogP contribution in [0, 0.1) is 0 Å². The first kappa shape index (κ1) is 12.3. The van der Waals surface area contributed by atoms with Gasteiger partial charge in [0.25, 0.3) is 0 Å². The SMILES string of the molecule is COc1cc(-c2ccc(C(F)(F)F)cn2)ncn1. The van der Waals surface area contributed by atoms with Gasteiger partial charge in [-0.3, -0.25) is 4.98 Å². The van der Waals surface area contributed by atoms with Crippen molar-refractivity contribution < 1.29 is 17.9 Å². The molecule has 0 saturated carbocycles. The maximum Gasteiger partial charge on any atom is 0.417 e. The summed E-state index contributed by atoms with van der Waals surface area (Å²) < 4.78 is 42.0. The van der Waals surface area contributed by atoms with Crippen LogP contribution in [0.15, 0.2) is 30.7 Å². The lowest BCUT2D eigenvalue weighted by Gasteiger charge is -2.06. The molecule has 0 saturated heterocycles. The average Bonchev–Trinajstić information content (AvgIpc) is 2.38. The van der Waals surface area contributed by atoms with Gasteiger partial charge in [-0.2, -0.15) is 13.2 Å². The number of aromatic nitrogens is 3. The van der Waals surface area contributed by atoms with Gasteiger partial charge in [-0.05, 0) is 12.1 Å². The molecule has 0 aromatic carbocycles. The van der Waals surface area contributed by atoms with Crippen molar-refractivity contribution in [1.29, 1.82) is 0 Å². The molecule has 0 bridgehead atoms. The Bertz CT molecular complexity index is 540. The molecular formula is C11H8F3N3O. The summed E-state index contributed by atoms with van der Waals surface area (Å²) in [5.74, 6) is 0.321. The van der Waals surface area contributed by atoms with E-state index in [0.29, 0.717) is 17.3 Å².